The molecular weight excluding hydrogens is 369 g/mol. The summed E-state index contributed by atoms with van der Waals surface area (Å²) in [4.78, 5) is 18.5. The quantitative estimate of drug-likeness (QED) is 0.690. The molecule has 2 heterocycles. The van der Waals surface area contributed by atoms with Crippen molar-refractivity contribution in [2.75, 3.05) is 12.0 Å². The van der Waals surface area contributed by atoms with Crippen LogP contribution in [0.4, 0.5) is 18.9 Å². The van der Waals surface area contributed by atoms with Crippen molar-refractivity contribution in [2.45, 2.75) is 25.9 Å². The van der Waals surface area contributed by atoms with Crippen LogP contribution in [-0.4, -0.2) is 18.1 Å². The van der Waals surface area contributed by atoms with Crippen LogP contribution in [0.5, 0.6) is 0 Å². The first-order valence-electron chi connectivity index (χ1n) is 8.59. The molecule has 0 spiro atoms. The number of carbonyl (C=O) groups is 1. The largest absolute Gasteiger partial charge is 0.466 e. The van der Waals surface area contributed by atoms with Gasteiger partial charge in [-0.05, 0) is 37.6 Å². The van der Waals surface area contributed by atoms with Crippen molar-refractivity contribution in [1.29, 1.82) is 0 Å². The summed E-state index contributed by atoms with van der Waals surface area (Å²) in [5.74, 6) is -1.24. The summed E-state index contributed by atoms with van der Waals surface area (Å²) in [6.07, 6.45) is 0.593. The number of halogens is 3. The van der Waals surface area contributed by atoms with Crippen molar-refractivity contribution in [3.05, 3.63) is 83.0 Å². The summed E-state index contributed by atoms with van der Waals surface area (Å²) in [5.41, 5.74) is 2.02. The molecule has 1 unspecified atom stereocenters. The minimum Gasteiger partial charge on any atom is -0.466 e. The summed E-state index contributed by atoms with van der Waals surface area (Å²) in [6, 6.07) is 8.63. The van der Waals surface area contributed by atoms with Gasteiger partial charge in [-0.1, -0.05) is 24.3 Å². The Balaban J connectivity index is 2.15. The van der Waals surface area contributed by atoms with E-state index in [1.807, 2.05) is 17.9 Å². The van der Waals surface area contributed by atoms with Gasteiger partial charge in [0.1, 0.15) is 0 Å². The number of hydrogen-bond donors (Lipinski definition) is 0. The number of ether oxygens (including phenoxy) is 1. The SMILES string of the molecule is COC(=O)C1=C(C)N(c2cccnc2)C(C)=CC1c1cccc(C(F)(F)F)c1. The van der Waals surface area contributed by atoms with Crippen LogP contribution in [0.25, 0.3) is 0 Å². The van der Waals surface area contributed by atoms with Crippen LogP contribution >= 0.6 is 0 Å². The fourth-order valence-electron chi connectivity index (χ4n) is 3.45. The minimum absolute atomic E-state index is 0.288. The Bertz CT molecular complexity index is 950. The standard InChI is InChI=1S/C21H19F3N2O2/c1-13-10-18(15-6-4-7-16(11-15)21(22,23)24)19(20(27)28-3)14(2)26(13)17-8-5-9-25-12-17/h4-12,18H,1-3H3. The van der Waals surface area contributed by atoms with E-state index in [-0.39, 0.29) is 5.57 Å². The molecule has 3 rings (SSSR count). The number of methoxy groups -OCH3 is 1. The number of benzene rings is 1. The lowest BCUT2D eigenvalue weighted by molar-refractivity contribution is -0.137. The zero-order valence-electron chi connectivity index (χ0n) is 15.6. The van der Waals surface area contributed by atoms with Crippen molar-refractivity contribution in [3.63, 3.8) is 0 Å². The van der Waals surface area contributed by atoms with Crippen LogP contribution in [0.2, 0.25) is 0 Å². The first-order valence-corrected chi connectivity index (χ1v) is 8.59. The zero-order chi connectivity index (χ0) is 20.5. The van der Waals surface area contributed by atoms with Crippen LogP contribution < -0.4 is 4.90 Å². The van der Waals surface area contributed by atoms with Crippen molar-refractivity contribution in [3.8, 4) is 0 Å². The second-order valence-corrected chi connectivity index (χ2v) is 6.45. The average molecular weight is 388 g/mol. The van der Waals surface area contributed by atoms with Gasteiger partial charge in [0, 0.05) is 23.5 Å². The molecule has 7 heteroatoms. The molecule has 0 saturated carbocycles. The van der Waals surface area contributed by atoms with Gasteiger partial charge in [-0.2, -0.15) is 13.2 Å². The van der Waals surface area contributed by atoms with Crippen LogP contribution in [0, 0.1) is 0 Å². The number of anilines is 1. The highest BCUT2D eigenvalue weighted by atomic mass is 19.4. The maximum absolute atomic E-state index is 13.2. The molecule has 0 saturated heterocycles. The first kappa shape index (κ1) is 19.7. The third kappa shape index (κ3) is 3.65. The number of nitrogens with zero attached hydrogens (tertiary/aromatic N) is 2. The number of carbonyl (C=O) groups excluding carboxylic acids is 1. The molecule has 28 heavy (non-hydrogen) atoms. The summed E-state index contributed by atoms with van der Waals surface area (Å²) < 4.78 is 44.4. The van der Waals surface area contributed by atoms with Gasteiger partial charge in [-0.3, -0.25) is 4.98 Å². The molecule has 0 aliphatic carbocycles. The van der Waals surface area contributed by atoms with Crippen molar-refractivity contribution in [2.24, 2.45) is 0 Å². The van der Waals surface area contributed by atoms with Crippen molar-refractivity contribution >= 4 is 11.7 Å². The Morgan fingerprint density at radius 3 is 2.54 bits per heavy atom. The molecule has 1 aromatic carbocycles. The number of allylic oxidation sites excluding steroid dienone is 3. The van der Waals surface area contributed by atoms with Gasteiger partial charge in [0.15, 0.2) is 0 Å². The van der Waals surface area contributed by atoms with Gasteiger partial charge in [0.05, 0.1) is 30.1 Å². The third-order valence-corrected chi connectivity index (χ3v) is 4.68. The van der Waals surface area contributed by atoms with E-state index in [1.165, 1.54) is 13.2 Å². The molecule has 0 N–H and O–H groups in total. The lowest BCUT2D eigenvalue weighted by atomic mass is 9.85. The molecule has 0 fully saturated rings. The fourth-order valence-corrected chi connectivity index (χ4v) is 3.45. The first-order chi connectivity index (χ1) is 13.2. The smallest absolute Gasteiger partial charge is 0.416 e. The molecule has 0 radical (unpaired) electrons. The van der Waals surface area contributed by atoms with Gasteiger partial charge in [-0.15, -0.1) is 0 Å². The number of alkyl halides is 3. The second-order valence-electron chi connectivity index (χ2n) is 6.45. The van der Waals surface area contributed by atoms with Crippen LogP contribution in [0.15, 0.2) is 71.8 Å². The monoisotopic (exact) mass is 388 g/mol. The lowest BCUT2D eigenvalue weighted by Gasteiger charge is -2.34. The fraction of sp³-hybridized carbons (Fsp3) is 0.238. The van der Waals surface area contributed by atoms with Gasteiger partial charge in [-0.25, -0.2) is 4.79 Å². The van der Waals surface area contributed by atoms with Crippen LogP contribution in [-0.2, 0) is 15.7 Å². The third-order valence-electron chi connectivity index (χ3n) is 4.68. The number of aromatic nitrogens is 1. The van der Waals surface area contributed by atoms with Gasteiger partial charge >= 0.3 is 12.1 Å². The molecule has 146 valence electrons. The van der Waals surface area contributed by atoms with Gasteiger partial charge < -0.3 is 9.64 Å². The summed E-state index contributed by atoms with van der Waals surface area (Å²) in [7, 11) is 1.26. The summed E-state index contributed by atoms with van der Waals surface area (Å²) in [6.45, 7) is 3.58. The number of hydrogen-bond acceptors (Lipinski definition) is 4. The highest BCUT2D eigenvalue weighted by molar-refractivity contribution is 5.93. The summed E-state index contributed by atoms with van der Waals surface area (Å²) >= 11 is 0. The molecule has 2 aromatic rings. The van der Waals surface area contributed by atoms with E-state index in [0.29, 0.717) is 11.3 Å². The van der Waals surface area contributed by atoms with Crippen LogP contribution in [0.1, 0.15) is 30.9 Å². The summed E-state index contributed by atoms with van der Waals surface area (Å²) in [5, 5.41) is 0. The van der Waals surface area contributed by atoms with E-state index in [4.69, 9.17) is 4.74 Å². The van der Waals surface area contributed by atoms with Crippen LogP contribution in [0.3, 0.4) is 0 Å². The Morgan fingerprint density at radius 2 is 1.93 bits per heavy atom. The van der Waals surface area contributed by atoms with Crippen molar-refractivity contribution in [1.82, 2.24) is 4.98 Å². The normalized spacial score (nSPS) is 17.4. The van der Waals surface area contributed by atoms with E-state index in [9.17, 15) is 18.0 Å². The molecule has 1 aromatic heterocycles. The topological polar surface area (TPSA) is 42.4 Å². The highest BCUT2D eigenvalue weighted by Gasteiger charge is 2.35. The Labute approximate surface area is 161 Å². The van der Waals surface area contributed by atoms with Gasteiger partial charge in [0.25, 0.3) is 0 Å². The molecule has 0 bridgehead atoms. The van der Waals surface area contributed by atoms with E-state index < -0.39 is 23.6 Å². The minimum atomic E-state index is -4.46. The van der Waals surface area contributed by atoms with Gasteiger partial charge in [0.2, 0.25) is 0 Å². The van der Waals surface area contributed by atoms with E-state index >= 15 is 0 Å². The predicted octanol–water partition coefficient (Wildman–Crippen LogP) is 5.06. The predicted molar refractivity (Wildman–Crippen MR) is 99.4 cm³/mol. The lowest BCUT2D eigenvalue weighted by Crippen LogP contribution is -2.29. The highest BCUT2D eigenvalue weighted by Crippen LogP contribution is 2.40. The molecule has 1 aliphatic heterocycles. The Hall–Kier alpha value is -3.09. The van der Waals surface area contributed by atoms with E-state index in [2.05, 4.69) is 4.98 Å². The van der Waals surface area contributed by atoms with Crippen molar-refractivity contribution < 1.29 is 22.7 Å². The average Bonchev–Trinajstić information content (AvgIpc) is 2.67. The maximum atomic E-state index is 13.2. The molecule has 1 atom stereocenters. The second kappa shape index (κ2) is 7.50. The molecule has 0 amide bonds. The number of rotatable bonds is 3. The van der Waals surface area contributed by atoms with E-state index in [1.54, 1.807) is 37.5 Å². The molecule has 1 aliphatic rings. The zero-order valence-corrected chi connectivity index (χ0v) is 15.6. The number of esters is 1. The molecule has 4 nitrogen and oxygen atoms in total. The number of pyridine rings is 1. The Kier molecular flexibility index (Phi) is 5.27. The van der Waals surface area contributed by atoms with E-state index in [0.717, 1.165) is 23.5 Å². The Morgan fingerprint density at radius 1 is 1.18 bits per heavy atom. The maximum Gasteiger partial charge on any atom is 0.416 e. The molecular formula is C21H19F3N2O2.